The van der Waals surface area contributed by atoms with Gasteiger partial charge in [-0.05, 0) is 43.3 Å². The molecule has 1 aromatic heterocycles. The summed E-state index contributed by atoms with van der Waals surface area (Å²) in [4.78, 5) is 53.4. The maximum Gasteiger partial charge on any atom is 0.262 e. The lowest BCUT2D eigenvalue weighted by molar-refractivity contribution is -0.136. The highest BCUT2D eigenvalue weighted by molar-refractivity contribution is 7.08. The quantitative estimate of drug-likeness (QED) is 0.680. The summed E-state index contributed by atoms with van der Waals surface area (Å²) in [6, 6.07) is 3.50. The van der Waals surface area contributed by atoms with Gasteiger partial charge in [-0.3, -0.25) is 24.1 Å². The number of thiophene rings is 1. The number of carbonyl (C=O) groups excluding carboxylic acids is 4. The smallest absolute Gasteiger partial charge is 0.262 e. The molecule has 4 rings (SSSR count). The summed E-state index contributed by atoms with van der Waals surface area (Å²) >= 11 is 13.4. The third-order valence-electron chi connectivity index (χ3n) is 5.63. The Morgan fingerprint density at radius 2 is 1.68 bits per heavy atom. The molecule has 3 heterocycles. The largest absolute Gasteiger partial charge is 0.349 e. The second kappa shape index (κ2) is 8.61. The average Bonchev–Trinajstić information content (AvgIpc) is 3.37. The summed E-state index contributed by atoms with van der Waals surface area (Å²) in [5, 5.41) is 6.97. The minimum atomic E-state index is -0.957. The van der Waals surface area contributed by atoms with Crippen LogP contribution in [0.5, 0.6) is 0 Å². The predicted molar refractivity (Wildman–Crippen MR) is 118 cm³/mol. The molecule has 1 N–H and O–H groups in total. The zero-order valence-corrected chi connectivity index (χ0v) is 18.9. The SMILES string of the molecule is CC(C(=O)N1CCC(NC(=O)c2ccsc2)CC1)N1C(=O)c2cc(Cl)c(Cl)cc2C1=O. The predicted octanol–water partition coefficient (Wildman–Crippen LogP) is 3.46. The number of hydrogen-bond acceptors (Lipinski definition) is 5. The second-order valence-corrected chi connectivity index (χ2v) is 9.15. The highest BCUT2D eigenvalue weighted by Gasteiger charge is 2.42. The summed E-state index contributed by atoms with van der Waals surface area (Å²) < 4.78 is 0. The number of piperidine rings is 1. The monoisotopic (exact) mass is 479 g/mol. The molecule has 0 saturated carbocycles. The van der Waals surface area contributed by atoms with Crippen molar-refractivity contribution in [3.63, 3.8) is 0 Å². The van der Waals surface area contributed by atoms with Gasteiger partial charge < -0.3 is 10.2 Å². The van der Waals surface area contributed by atoms with Crippen LogP contribution in [0.3, 0.4) is 0 Å². The fourth-order valence-corrected chi connectivity index (χ4v) is 4.85. The standard InChI is InChI=1S/C21H19Cl2N3O4S/c1-11(26-20(29)14-8-16(22)17(23)9-15(14)21(26)30)19(28)25-5-2-13(3-6-25)24-18(27)12-4-7-31-10-12/h4,7-11,13H,2-3,5-6H2,1H3,(H,24,27). The van der Waals surface area contributed by atoms with Crippen molar-refractivity contribution in [1.82, 2.24) is 15.1 Å². The Bertz CT molecular complexity index is 1020. The van der Waals surface area contributed by atoms with E-state index in [0.29, 0.717) is 31.5 Å². The molecule has 1 atom stereocenters. The minimum absolute atomic E-state index is 0.0321. The van der Waals surface area contributed by atoms with E-state index in [1.54, 1.807) is 16.3 Å². The molecule has 0 radical (unpaired) electrons. The average molecular weight is 480 g/mol. The molecule has 2 aliphatic rings. The lowest BCUT2D eigenvalue weighted by Gasteiger charge is -2.35. The van der Waals surface area contributed by atoms with Gasteiger partial charge in [-0.1, -0.05) is 23.2 Å². The summed E-state index contributed by atoms with van der Waals surface area (Å²) in [6.45, 7) is 2.40. The number of rotatable bonds is 4. The number of amides is 4. The van der Waals surface area contributed by atoms with E-state index in [1.807, 2.05) is 5.38 Å². The normalized spacial score (nSPS) is 17.6. The van der Waals surface area contributed by atoms with E-state index in [-0.39, 0.29) is 39.0 Å². The highest BCUT2D eigenvalue weighted by Crippen LogP contribution is 2.32. The number of hydrogen-bond donors (Lipinski definition) is 1. The first-order valence-corrected chi connectivity index (χ1v) is 11.5. The maximum atomic E-state index is 13.0. The van der Waals surface area contributed by atoms with Crippen molar-refractivity contribution in [2.24, 2.45) is 0 Å². The van der Waals surface area contributed by atoms with E-state index in [0.717, 1.165) is 4.90 Å². The molecule has 2 aliphatic heterocycles. The number of imide groups is 1. The van der Waals surface area contributed by atoms with E-state index in [4.69, 9.17) is 23.2 Å². The molecule has 1 fully saturated rings. The molecule has 31 heavy (non-hydrogen) atoms. The van der Waals surface area contributed by atoms with Gasteiger partial charge in [0.2, 0.25) is 5.91 Å². The zero-order chi connectivity index (χ0) is 22.3. The Labute approximate surface area is 192 Å². The molecule has 1 aromatic carbocycles. The van der Waals surface area contributed by atoms with Crippen LogP contribution in [0.1, 0.15) is 50.8 Å². The number of fused-ring (bicyclic) bond motifs is 1. The minimum Gasteiger partial charge on any atom is -0.349 e. The molecular formula is C21H19Cl2N3O4S. The van der Waals surface area contributed by atoms with Crippen LogP contribution < -0.4 is 5.32 Å². The Kier molecular flexibility index (Phi) is 6.05. The molecule has 0 spiro atoms. The number of nitrogens with one attached hydrogen (secondary N) is 1. The molecule has 10 heteroatoms. The number of likely N-dealkylation sites (tertiary alicyclic amines) is 1. The molecule has 0 bridgehead atoms. The van der Waals surface area contributed by atoms with E-state index < -0.39 is 17.9 Å². The zero-order valence-electron chi connectivity index (χ0n) is 16.6. The van der Waals surface area contributed by atoms with Crippen LogP contribution >= 0.6 is 34.5 Å². The van der Waals surface area contributed by atoms with Crippen LogP contribution in [0, 0.1) is 0 Å². The lowest BCUT2D eigenvalue weighted by atomic mass is 10.0. The summed E-state index contributed by atoms with van der Waals surface area (Å²) in [5.74, 6) is -1.55. The Morgan fingerprint density at radius 3 is 2.19 bits per heavy atom. The number of nitrogens with zero attached hydrogens (tertiary/aromatic N) is 2. The maximum absolute atomic E-state index is 13.0. The first-order chi connectivity index (χ1) is 14.8. The van der Waals surface area contributed by atoms with Crippen molar-refractivity contribution in [2.45, 2.75) is 31.8 Å². The van der Waals surface area contributed by atoms with Crippen LogP contribution in [0.2, 0.25) is 10.0 Å². The van der Waals surface area contributed by atoms with Crippen molar-refractivity contribution in [1.29, 1.82) is 0 Å². The van der Waals surface area contributed by atoms with Gasteiger partial charge in [0, 0.05) is 30.1 Å². The van der Waals surface area contributed by atoms with Gasteiger partial charge in [-0.25, -0.2) is 0 Å². The van der Waals surface area contributed by atoms with Gasteiger partial charge in [0.05, 0.1) is 21.2 Å². The van der Waals surface area contributed by atoms with Crippen molar-refractivity contribution in [2.75, 3.05) is 13.1 Å². The summed E-state index contributed by atoms with van der Waals surface area (Å²) in [5.41, 5.74) is 0.922. The van der Waals surface area contributed by atoms with E-state index in [1.165, 1.54) is 30.4 Å². The number of halogens is 2. The van der Waals surface area contributed by atoms with Crippen LogP contribution in [0.25, 0.3) is 0 Å². The van der Waals surface area contributed by atoms with Crippen LogP contribution in [-0.2, 0) is 4.79 Å². The number of benzene rings is 1. The Hall–Kier alpha value is -2.42. The summed E-state index contributed by atoms with van der Waals surface area (Å²) in [6.07, 6.45) is 1.20. The van der Waals surface area contributed by atoms with Crippen molar-refractivity contribution >= 4 is 58.2 Å². The first kappa shape index (κ1) is 21.8. The van der Waals surface area contributed by atoms with E-state index in [9.17, 15) is 19.2 Å². The fraction of sp³-hybridized carbons (Fsp3) is 0.333. The van der Waals surface area contributed by atoms with Gasteiger partial charge in [0.1, 0.15) is 6.04 Å². The van der Waals surface area contributed by atoms with Gasteiger partial charge in [0.25, 0.3) is 17.7 Å². The molecular weight excluding hydrogens is 461 g/mol. The van der Waals surface area contributed by atoms with E-state index in [2.05, 4.69) is 5.32 Å². The van der Waals surface area contributed by atoms with Crippen LogP contribution in [0.4, 0.5) is 0 Å². The number of carbonyl (C=O) groups is 4. The van der Waals surface area contributed by atoms with Gasteiger partial charge in [-0.2, -0.15) is 11.3 Å². The fourth-order valence-electron chi connectivity index (χ4n) is 3.89. The molecule has 1 unspecified atom stereocenters. The van der Waals surface area contributed by atoms with Gasteiger partial charge in [0.15, 0.2) is 0 Å². The molecule has 7 nitrogen and oxygen atoms in total. The van der Waals surface area contributed by atoms with E-state index >= 15 is 0 Å². The molecule has 0 aliphatic carbocycles. The molecule has 1 saturated heterocycles. The van der Waals surface area contributed by atoms with Gasteiger partial charge >= 0.3 is 0 Å². The lowest BCUT2D eigenvalue weighted by Crippen LogP contribution is -2.53. The van der Waals surface area contributed by atoms with Crippen molar-refractivity contribution < 1.29 is 19.2 Å². The first-order valence-electron chi connectivity index (χ1n) is 9.76. The highest BCUT2D eigenvalue weighted by atomic mass is 35.5. The molecule has 2 aromatic rings. The third-order valence-corrected chi connectivity index (χ3v) is 7.03. The second-order valence-electron chi connectivity index (χ2n) is 7.55. The van der Waals surface area contributed by atoms with Gasteiger partial charge in [-0.15, -0.1) is 0 Å². The van der Waals surface area contributed by atoms with Crippen LogP contribution in [-0.4, -0.2) is 58.6 Å². The third kappa shape index (κ3) is 4.07. The topological polar surface area (TPSA) is 86.8 Å². The van der Waals surface area contributed by atoms with Crippen LogP contribution in [0.15, 0.2) is 29.0 Å². The summed E-state index contributed by atoms with van der Waals surface area (Å²) in [7, 11) is 0. The molecule has 4 amide bonds. The Morgan fingerprint density at radius 1 is 1.10 bits per heavy atom. The van der Waals surface area contributed by atoms with Crippen molar-refractivity contribution in [3.8, 4) is 0 Å². The molecule has 162 valence electrons. The Balaban J connectivity index is 1.39. The van der Waals surface area contributed by atoms with Crippen molar-refractivity contribution in [3.05, 3.63) is 55.7 Å².